The van der Waals surface area contributed by atoms with Crippen molar-refractivity contribution in [2.75, 3.05) is 24.5 Å². The maximum atomic E-state index is 4.56. The van der Waals surface area contributed by atoms with Crippen molar-refractivity contribution in [1.29, 1.82) is 0 Å². The third kappa shape index (κ3) is 3.70. The Balaban J connectivity index is 1.67. The molecule has 116 valence electrons. The van der Waals surface area contributed by atoms with E-state index in [0.29, 0.717) is 6.04 Å². The summed E-state index contributed by atoms with van der Waals surface area (Å²) < 4.78 is 2.05. The van der Waals surface area contributed by atoms with E-state index in [4.69, 9.17) is 0 Å². The molecule has 1 atom stereocenters. The summed E-state index contributed by atoms with van der Waals surface area (Å²) in [5, 5.41) is 0. The molecule has 1 aromatic carbocycles. The van der Waals surface area contributed by atoms with E-state index in [2.05, 4.69) is 90.0 Å². The van der Waals surface area contributed by atoms with Crippen molar-refractivity contribution < 1.29 is 0 Å². The molecule has 3 nitrogen and oxygen atoms in total. The molecule has 1 unspecified atom stereocenters. The molecule has 3 rings (SSSR count). The number of aromatic nitrogens is 1. The van der Waals surface area contributed by atoms with Crippen molar-refractivity contribution in [3.05, 3.63) is 57.1 Å². The van der Waals surface area contributed by atoms with Crippen LogP contribution in [0, 0.1) is 0 Å². The lowest BCUT2D eigenvalue weighted by atomic mass is 10.1. The van der Waals surface area contributed by atoms with Gasteiger partial charge in [-0.1, -0.05) is 30.3 Å². The summed E-state index contributed by atoms with van der Waals surface area (Å²) in [5.41, 5.74) is 1.38. The fourth-order valence-electron chi connectivity index (χ4n) is 2.88. The molecule has 0 amide bonds. The smallest absolute Gasteiger partial charge is 0.143 e. The predicted molar refractivity (Wildman–Crippen MR) is 98.2 cm³/mol. The van der Waals surface area contributed by atoms with Gasteiger partial charge in [0.1, 0.15) is 5.82 Å². The molecular formula is C17H19Br2N3. The highest BCUT2D eigenvalue weighted by atomic mass is 79.9. The van der Waals surface area contributed by atoms with Crippen LogP contribution in [0.2, 0.25) is 0 Å². The molecule has 22 heavy (non-hydrogen) atoms. The molecule has 0 aliphatic carbocycles. The number of hydrogen-bond donors (Lipinski definition) is 0. The normalized spacial score (nSPS) is 19.4. The van der Waals surface area contributed by atoms with E-state index in [-0.39, 0.29) is 0 Å². The molecule has 2 aromatic rings. The zero-order valence-electron chi connectivity index (χ0n) is 12.5. The average molecular weight is 425 g/mol. The van der Waals surface area contributed by atoms with Crippen molar-refractivity contribution in [2.45, 2.75) is 19.5 Å². The Morgan fingerprint density at radius 1 is 1.18 bits per heavy atom. The third-order valence-corrected chi connectivity index (χ3v) is 5.10. The Bertz CT molecular complexity index is 633. The van der Waals surface area contributed by atoms with Gasteiger partial charge in [0.05, 0.1) is 4.47 Å². The van der Waals surface area contributed by atoms with Gasteiger partial charge in [-0.05, 0) is 50.4 Å². The molecule has 0 saturated carbocycles. The van der Waals surface area contributed by atoms with Crippen molar-refractivity contribution >= 4 is 37.7 Å². The monoisotopic (exact) mass is 423 g/mol. The minimum atomic E-state index is 0.506. The van der Waals surface area contributed by atoms with Gasteiger partial charge in [0, 0.05) is 42.9 Å². The zero-order valence-corrected chi connectivity index (χ0v) is 15.7. The first-order chi connectivity index (χ1) is 10.6. The van der Waals surface area contributed by atoms with Crippen LogP contribution in [-0.2, 0) is 6.54 Å². The highest BCUT2D eigenvalue weighted by molar-refractivity contribution is 9.11. The molecule has 1 fully saturated rings. The first kappa shape index (κ1) is 16.0. The van der Waals surface area contributed by atoms with Crippen LogP contribution in [-0.4, -0.2) is 35.6 Å². The van der Waals surface area contributed by atoms with Gasteiger partial charge in [0.2, 0.25) is 0 Å². The second-order valence-corrected chi connectivity index (χ2v) is 7.48. The van der Waals surface area contributed by atoms with Crippen LogP contribution >= 0.6 is 31.9 Å². The van der Waals surface area contributed by atoms with Crippen LogP contribution in [0.15, 0.2) is 51.5 Å². The summed E-state index contributed by atoms with van der Waals surface area (Å²) in [6, 6.07) is 13.3. The maximum absolute atomic E-state index is 4.56. The first-order valence-corrected chi connectivity index (χ1v) is 9.06. The Morgan fingerprint density at radius 3 is 2.64 bits per heavy atom. The molecule has 1 aliphatic heterocycles. The molecule has 5 heteroatoms. The molecule has 0 radical (unpaired) electrons. The lowest BCUT2D eigenvalue weighted by Gasteiger charge is -2.40. The molecule has 0 bridgehead atoms. The quantitative estimate of drug-likeness (QED) is 0.731. The molecule has 2 heterocycles. The fraction of sp³-hybridized carbons (Fsp3) is 0.353. The molecule has 1 saturated heterocycles. The lowest BCUT2D eigenvalue weighted by molar-refractivity contribution is 0.180. The Kier molecular flexibility index (Phi) is 5.16. The molecule has 0 N–H and O–H groups in total. The summed E-state index contributed by atoms with van der Waals surface area (Å²) in [4.78, 5) is 9.46. The molecule has 0 spiro atoms. The van der Waals surface area contributed by atoms with Crippen LogP contribution < -0.4 is 4.90 Å². The summed E-state index contributed by atoms with van der Waals surface area (Å²) >= 11 is 7.08. The van der Waals surface area contributed by atoms with Crippen molar-refractivity contribution in [3.8, 4) is 0 Å². The van der Waals surface area contributed by atoms with Gasteiger partial charge in [-0.3, -0.25) is 4.90 Å². The van der Waals surface area contributed by atoms with Gasteiger partial charge in [-0.25, -0.2) is 4.98 Å². The fourth-order valence-corrected chi connectivity index (χ4v) is 4.12. The third-order valence-electron chi connectivity index (χ3n) is 4.08. The first-order valence-electron chi connectivity index (χ1n) is 7.47. The van der Waals surface area contributed by atoms with Crippen LogP contribution in [0.4, 0.5) is 5.82 Å². The maximum Gasteiger partial charge on any atom is 0.143 e. The van der Waals surface area contributed by atoms with E-state index in [9.17, 15) is 0 Å². The summed E-state index contributed by atoms with van der Waals surface area (Å²) in [6.07, 6.45) is 1.86. The van der Waals surface area contributed by atoms with E-state index >= 15 is 0 Å². The SMILES string of the molecule is CC1CN(c2ncc(Br)cc2Br)CCN1Cc1ccccc1. The van der Waals surface area contributed by atoms with Crippen LogP contribution in [0.25, 0.3) is 0 Å². The van der Waals surface area contributed by atoms with E-state index in [1.54, 1.807) is 0 Å². The number of rotatable bonds is 3. The number of anilines is 1. The average Bonchev–Trinajstić information content (AvgIpc) is 2.50. The largest absolute Gasteiger partial charge is 0.353 e. The molecule has 1 aromatic heterocycles. The van der Waals surface area contributed by atoms with Gasteiger partial charge in [0.25, 0.3) is 0 Å². The van der Waals surface area contributed by atoms with Crippen LogP contribution in [0.3, 0.4) is 0 Å². The van der Waals surface area contributed by atoms with Gasteiger partial charge >= 0.3 is 0 Å². The van der Waals surface area contributed by atoms with Gasteiger partial charge < -0.3 is 4.90 Å². The minimum Gasteiger partial charge on any atom is -0.353 e. The number of hydrogen-bond acceptors (Lipinski definition) is 3. The van der Waals surface area contributed by atoms with E-state index in [1.807, 2.05) is 6.20 Å². The summed E-state index contributed by atoms with van der Waals surface area (Å²) in [5.74, 6) is 1.04. The molecular weight excluding hydrogens is 406 g/mol. The summed E-state index contributed by atoms with van der Waals surface area (Å²) in [6.45, 7) is 6.37. The predicted octanol–water partition coefficient (Wildman–Crippen LogP) is 4.32. The molecule has 1 aliphatic rings. The topological polar surface area (TPSA) is 19.4 Å². The number of nitrogens with zero attached hydrogens (tertiary/aromatic N) is 3. The lowest BCUT2D eigenvalue weighted by Crippen LogP contribution is -2.51. The van der Waals surface area contributed by atoms with E-state index in [0.717, 1.165) is 40.9 Å². The van der Waals surface area contributed by atoms with Crippen molar-refractivity contribution in [1.82, 2.24) is 9.88 Å². The standard InChI is InChI=1S/C17H19Br2N3/c1-13-11-22(17-16(19)9-15(18)10-20-17)8-7-21(13)12-14-5-3-2-4-6-14/h2-6,9-10,13H,7-8,11-12H2,1H3. The minimum absolute atomic E-state index is 0.506. The Hall–Kier alpha value is -0.910. The van der Waals surface area contributed by atoms with Gasteiger partial charge in [-0.15, -0.1) is 0 Å². The number of benzene rings is 1. The van der Waals surface area contributed by atoms with Crippen LogP contribution in [0.5, 0.6) is 0 Å². The number of piperazine rings is 1. The number of pyridine rings is 1. The van der Waals surface area contributed by atoms with Crippen LogP contribution in [0.1, 0.15) is 12.5 Å². The Labute approximate surface area is 148 Å². The second-order valence-electron chi connectivity index (χ2n) is 5.71. The summed E-state index contributed by atoms with van der Waals surface area (Å²) in [7, 11) is 0. The number of halogens is 2. The van der Waals surface area contributed by atoms with Crippen molar-refractivity contribution in [3.63, 3.8) is 0 Å². The second kappa shape index (κ2) is 7.11. The zero-order chi connectivity index (χ0) is 15.5. The van der Waals surface area contributed by atoms with Gasteiger partial charge in [0.15, 0.2) is 0 Å². The Morgan fingerprint density at radius 2 is 1.95 bits per heavy atom. The van der Waals surface area contributed by atoms with Crippen molar-refractivity contribution in [2.24, 2.45) is 0 Å². The highest BCUT2D eigenvalue weighted by Gasteiger charge is 2.25. The van der Waals surface area contributed by atoms with Gasteiger partial charge in [-0.2, -0.15) is 0 Å². The van der Waals surface area contributed by atoms with E-state index < -0.39 is 0 Å². The highest BCUT2D eigenvalue weighted by Crippen LogP contribution is 2.28. The van der Waals surface area contributed by atoms with E-state index in [1.165, 1.54) is 5.56 Å².